The Balaban J connectivity index is 3.21. The molecule has 0 fully saturated rings. The van der Waals surface area contributed by atoms with Gasteiger partial charge < -0.3 is 0 Å². The van der Waals surface area contributed by atoms with Crippen molar-refractivity contribution < 1.29 is 0 Å². The molecule has 0 aliphatic heterocycles. The van der Waals surface area contributed by atoms with Crippen molar-refractivity contribution in [1.29, 1.82) is 5.26 Å². The first-order chi connectivity index (χ1) is 6.53. The Kier molecular flexibility index (Phi) is 3.42. The first-order valence-corrected chi connectivity index (χ1v) is 5.16. The molecule has 1 unspecified atom stereocenters. The minimum Gasteiger partial charge on any atom is -0.197 e. The third-order valence-corrected chi connectivity index (χ3v) is 3.25. The van der Waals surface area contributed by atoms with E-state index in [2.05, 4.69) is 6.07 Å². The average molecular weight is 228 g/mol. The van der Waals surface area contributed by atoms with Gasteiger partial charge in [-0.25, -0.2) is 0 Å². The molecule has 0 saturated carbocycles. The minimum atomic E-state index is -0.478. The van der Waals surface area contributed by atoms with Gasteiger partial charge in [0.2, 0.25) is 0 Å². The van der Waals surface area contributed by atoms with E-state index in [1.165, 1.54) is 0 Å². The zero-order chi connectivity index (χ0) is 10.8. The number of hydrogen-bond acceptors (Lipinski definition) is 1. The van der Waals surface area contributed by atoms with E-state index in [1.807, 2.05) is 19.9 Å². The number of hydrogen-bond donors (Lipinski definition) is 0. The van der Waals surface area contributed by atoms with E-state index in [0.717, 1.165) is 12.0 Å². The van der Waals surface area contributed by atoms with E-state index in [4.69, 9.17) is 28.5 Å². The largest absolute Gasteiger partial charge is 0.197 e. The molecule has 3 heteroatoms. The Morgan fingerprint density at radius 2 is 2.00 bits per heavy atom. The summed E-state index contributed by atoms with van der Waals surface area (Å²) in [6, 6.07) is 7.62. The third-order valence-electron chi connectivity index (χ3n) is 2.51. The van der Waals surface area contributed by atoms with Gasteiger partial charge >= 0.3 is 0 Å². The Morgan fingerprint density at radius 3 is 2.43 bits per heavy atom. The molecule has 0 heterocycles. The van der Waals surface area contributed by atoms with Crippen LogP contribution >= 0.6 is 23.2 Å². The normalized spacial score (nSPS) is 14.5. The van der Waals surface area contributed by atoms with Crippen LogP contribution in [0.2, 0.25) is 10.0 Å². The van der Waals surface area contributed by atoms with Crippen molar-refractivity contribution in [3.63, 3.8) is 0 Å². The van der Waals surface area contributed by atoms with Crippen LogP contribution in [0.5, 0.6) is 0 Å². The number of nitriles is 1. The van der Waals surface area contributed by atoms with Crippen LogP contribution in [0.3, 0.4) is 0 Å². The van der Waals surface area contributed by atoms with E-state index in [1.54, 1.807) is 12.1 Å². The van der Waals surface area contributed by atoms with Crippen molar-refractivity contribution >= 4 is 23.2 Å². The summed E-state index contributed by atoms with van der Waals surface area (Å²) in [5.41, 5.74) is 0.436. The average Bonchev–Trinajstić information content (AvgIpc) is 2.21. The first kappa shape index (κ1) is 11.4. The summed E-state index contributed by atoms with van der Waals surface area (Å²) < 4.78 is 0. The van der Waals surface area contributed by atoms with Gasteiger partial charge in [-0.2, -0.15) is 5.26 Å². The van der Waals surface area contributed by atoms with Gasteiger partial charge in [-0.3, -0.25) is 0 Å². The molecule has 0 aromatic heterocycles. The van der Waals surface area contributed by atoms with E-state index >= 15 is 0 Å². The van der Waals surface area contributed by atoms with Crippen LogP contribution in [0.1, 0.15) is 25.8 Å². The second-order valence-electron chi connectivity index (χ2n) is 3.43. The summed E-state index contributed by atoms with van der Waals surface area (Å²) in [5, 5.41) is 10.1. The lowest BCUT2D eigenvalue weighted by Gasteiger charge is -2.20. The summed E-state index contributed by atoms with van der Waals surface area (Å²) in [6.45, 7) is 3.87. The third kappa shape index (κ3) is 2.03. The predicted octanol–water partition coefficient (Wildman–Crippen LogP) is 4.18. The van der Waals surface area contributed by atoms with Crippen LogP contribution in [0.25, 0.3) is 0 Å². The van der Waals surface area contributed by atoms with Gasteiger partial charge in [0.15, 0.2) is 0 Å². The van der Waals surface area contributed by atoms with Gasteiger partial charge in [0, 0.05) is 0 Å². The van der Waals surface area contributed by atoms with Gasteiger partial charge in [0.25, 0.3) is 0 Å². The van der Waals surface area contributed by atoms with Gasteiger partial charge in [-0.05, 0) is 31.0 Å². The van der Waals surface area contributed by atoms with Gasteiger partial charge in [0.1, 0.15) is 0 Å². The zero-order valence-electron chi connectivity index (χ0n) is 8.14. The van der Waals surface area contributed by atoms with Gasteiger partial charge in [0.05, 0.1) is 21.5 Å². The van der Waals surface area contributed by atoms with Crippen molar-refractivity contribution in [3.8, 4) is 6.07 Å². The highest BCUT2D eigenvalue weighted by Crippen LogP contribution is 2.31. The molecule has 1 rings (SSSR count). The molecular formula is C11H11Cl2N. The number of benzene rings is 1. The maximum absolute atomic E-state index is 9.07. The van der Waals surface area contributed by atoms with Crippen molar-refractivity contribution in [3.05, 3.63) is 33.8 Å². The van der Waals surface area contributed by atoms with E-state index in [9.17, 15) is 0 Å². The molecule has 1 nitrogen and oxygen atoms in total. The molecule has 0 saturated heterocycles. The molecule has 1 atom stereocenters. The smallest absolute Gasteiger partial charge is 0.0792 e. The molecule has 0 bridgehead atoms. The second kappa shape index (κ2) is 4.21. The van der Waals surface area contributed by atoms with Crippen molar-refractivity contribution in [2.45, 2.75) is 25.7 Å². The summed E-state index contributed by atoms with van der Waals surface area (Å²) >= 11 is 11.7. The minimum absolute atomic E-state index is 0.478. The molecule has 14 heavy (non-hydrogen) atoms. The van der Waals surface area contributed by atoms with Crippen LogP contribution in [0.4, 0.5) is 0 Å². The summed E-state index contributed by atoms with van der Waals surface area (Å²) in [6.07, 6.45) is 0.751. The van der Waals surface area contributed by atoms with Crippen molar-refractivity contribution in [2.75, 3.05) is 0 Å². The quantitative estimate of drug-likeness (QED) is 0.744. The van der Waals surface area contributed by atoms with Gasteiger partial charge in [-0.1, -0.05) is 36.2 Å². The monoisotopic (exact) mass is 227 g/mol. The number of nitrogens with zero attached hydrogens (tertiary/aromatic N) is 1. The Morgan fingerprint density at radius 1 is 1.36 bits per heavy atom. The fourth-order valence-corrected chi connectivity index (χ4v) is 1.49. The molecule has 0 spiro atoms. The molecule has 1 aromatic rings. The SMILES string of the molecule is CCC(C)(C#N)c1ccc(Cl)c(Cl)c1. The number of halogens is 2. The van der Waals surface area contributed by atoms with Crippen LogP contribution in [-0.2, 0) is 5.41 Å². The van der Waals surface area contributed by atoms with Gasteiger partial charge in [-0.15, -0.1) is 0 Å². The Bertz CT molecular complexity index is 381. The van der Waals surface area contributed by atoms with Crippen LogP contribution in [0.15, 0.2) is 18.2 Å². The Hall–Kier alpha value is -0.710. The molecule has 1 aromatic carbocycles. The summed E-state index contributed by atoms with van der Waals surface area (Å²) in [4.78, 5) is 0. The highest BCUT2D eigenvalue weighted by Gasteiger charge is 2.24. The van der Waals surface area contributed by atoms with E-state index in [0.29, 0.717) is 10.0 Å². The number of rotatable bonds is 2. The first-order valence-electron chi connectivity index (χ1n) is 4.40. The highest BCUT2D eigenvalue weighted by atomic mass is 35.5. The predicted molar refractivity (Wildman–Crippen MR) is 59.7 cm³/mol. The highest BCUT2D eigenvalue weighted by molar-refractivity contribution is 6.42. The second-order valence-corrected chi connectivity index (χ2v) is 4.24. The van der Waals surface area contributed by atoms with Crippen LogP contribution in [0, 0.1) is 11.3 Å². The fourth-order valence-electron chi connectivity index (χ4n) is 1.19. The zero-order valence-corrected chi connectivity index (χ0v) is 9.65. The van der Waals surface area contributed by atoms with E-state index < -0.39 is 5.41 Å². The van der Waals surface area contributed by atoms with E-state index in [-0.39, 0.29) is 0 Å². The lowest BCUT2D eigenvalue weighted by Crippen LogP contribution is -2.17. The molecule has 0 aliphatic rings. The molecule has 74 valence electrons. The lowest BCUT2D eigenvalue weighted by atomic mass is 9.82. The van der Waals surface area contributed by atoms with Crippen molar-refractivity contribution in [2.24, 2.45) is 0 Å². The standard InChI is InChI=1S/C11H11Cl2N/c1-3-11(2,7-14)8-4-5-9(12)10(13)6-8/h4-6H,3H2,1-2H3. The summed E-state index contributed by atoms with van der Waals surface area (Å²) in [5.74, 6) is 0. The molecule has 0 aliphatic carbocycles. The van der Waals surface area contributed by atoms with Crippen molar-refractivity contribution in [1.82, 2.24) is 0 Å². The molecule has 0 amide bonds. The Labute approximate surface area is 94.3 Å². The topological polar surface area (TPSA) is 23.8 Å². The maximum atomic E-state index is 9.07. The summed E-state index contributed by atoms with van der Waals surface area (Å²) in [7, 11) is 0. The molecule has 0 radical (unpaired) electrons. The fraction of sp³-hybridized carbons (Fsp3) is 0.364. The maximum Gasteiger partial charge on any atom is 0.0792 e. The lowest BCUT2D eigenvalue weighted by molar-refractivity contribution is 0.587. The molecule has 0 N–H and O–H groups in total. The van der Waals surface area contributed by atoms with Crippen LogP contribution in [-0.4, -0.2) is 0 Å². The van der Waals surface area contributed by atoms with Crippen LogP contribution < -0.4 is 0 Å². The molecular weight excluding hydrogens is 217 g/mol.